The minimum atomic E-state index is -4.84. The normalized spacial score (nSPS) is 19.5. The van der Waals surface area contributed by atoms with Gasteiger partial charge >= 0.3 is 18.2 Å². The molecule has 0 aliphatic heterocycles. The van der Waals surface area contributed by atoms with Gasteiger partial charge in [0.1, 0.15) is 11.6 Å². The molecule has 0 spiro atoms. The summed E-state index contributed by atoms with van der Waals surface area (Å²) in [5.41, 5.74) is 1.30. The molecule has 176 valence electrons. The van der Waals surface area contributed by atoms with Gasteiger partial charge in [0, 0.05) is 36.9 Å². The molecule has 32 heavy (non-hydrogen) atoms. The number of nitrogens with zero attached hydrogens (tertiary/aromatic N) is 2. The molecule has 1 amide bonds. The summed E-state index contributed by atoms with van der Waals surface area (Å²) in [4.78, 5) is 12.3. The van der Waals surface area contributed by atoms with Gasteiger partial charge in [0.25, 0.3) is 0 Å². The van der Waals surface area contributed by atoms with Crippen LogP contribution in [0.4, 0.5) is 36.6 Å². The Kier molecular flexibility index (Phi) is 5.94. The molecule has 12 heteroatoms. The van der Waals surface area contributed by atoms with E-state index in [1.165, 1.54) is 23.9 Å². The maximum absolute atomic E-state index is 13.5. The zero-order valence-electron chi connectivity index (χ0n) is 17.2. The molecule has 0 bridgehead atoms. The molecule has 1 fully saturated rings. The predicted molar refractivity (Wildman–Crippen MR) is 101 cm³/mol. The van der Waals surface area contributed by atoms with Crippen LogP contribution in [-0.2, 0) is 11.8 Å². The van der Waals surface area contributed by atoms with E-state index in [2.05, 4.69) is 15.2 Å². The van der Waals surface area contributed by atoms with Crippen LogP contribution in [0.2, 0.25) is 0 Å². The fourth-order valence-corrected chi connectivity index (χ4v) is 3.61. The van der Waals surface area contributed by atoms with E-state index in [4.69, 9.17) is 0 Å². The van der Waals surface area contributed by atoms with Crippen molar-refractivity contribution in [3.8, 4) is 17.0 Å². The van der Waals surface area contributed by atoms with Gasteiger partial charge in [-0.2, -0.15) is 22.7 Å². The van der Waals surface area contributed by atoms with E-state index in [0.717, 1.165) is 12.1 Å². The first-order valence-corrected chi connectivity index (χ1v) is 9.61. The highest BCUT2D eigenvalue weighted by molar-refractivity contribution is 5.92. The maximum Gasteiger partial charge on any atom is 0.573 e. The van der Waals surface area contributed by atoms with Crippen LogP contribution in [0.3, 0.4) is 0 Å². The minimum Gasteiger partial charge on any atom is -0.406 e. The number of hydrogen-bond donors (Lipinski definition) is 1. The van der Waals surface area contributed by atoms with Gasteiger partial charge in [-0.3, -0.25) is 9.48 Å². The lowest BCUT2D eigenvalue weighted by Gasteiger charge is -2.43. The molecule has 2 aromatic rings. The second kappa shape index (κ2) is 7.96. The van der Waals surface area contributed by atoms with Crippen LogP contribution < -0.4 is 10.1 Å². The number of anilines is 1. The number of rotatable bonds is 6. The van der Waals surface area contributed by atoms with Crippen LogP contribution in [0.1, 0.15) is 38.2 Å². The lowest BCUT2D eigenvalue weighted by Crippen LogP contribution is -2.59. The Morgan fingerprint density at radius 2 is 1.81 bits per heavy atom. The largest absolute Gasteiger partial charge is 0.573 e. The van der Waals surface area contributed by atoms with Crippen LogP contribution in [-0.4, -0.2) is 33.9 Å². The van der Waals surface area contributed by atoms with Gasteiger partial charge in [-0.25, -0.2) is 0 Å². The van der Waals surface area contributed by atoms with E-state index < -0.39 is 48.6 Å². The number of alkyl halides is 7. The quantitative estimate of drug-likeness (QED) is 0.553. The summed E-state index contributed by atoms with van der Waals surface area (Å²) in [5, 5.41) is 6.76. The second-order valence-electron chi connectivity index (χ2n) is 7.94. The minimum absolute atomic E-state index is 0.185. The first-order valence-electron chi connectivity index (χ1n) is 9.61. The molecule has 1 aromatic heterocycles. The molecule has 5 nitrogen and oxygen atoms in total. The average Bonchev–Trinajstić information content (AvgIpc) is 2.97. The Labute approximate surface area is 178 Å². The topological polar surface area (TPSA) is 56.1 Å². The van der Waals surface area contributed by atoms with Crippen LogP contribution in [0.25, 0.3) is 11.3 Å². The molecule has 1 aliphatic carbocycles. The fraction of sp³-hybridized carbons (Fsp3) is 0.500. The zero-order chi connectivity index (χ0) is 24.1. The van der Waals surface area contributed by atoms with Crippen molar-refractivity contribution < 1.29 is 40.3 Å². The first-order chi connectivity index (χ1) is 14.6. The Morgan fingerprint density at radius 3 is 2.28 bits per heavy atom. The van der Waals surface area contributed by atoms with Crippen molar-refractivity contribution in [2.24, 2.45) is 13.0 Å². The average molecular weight is 467 g/mol. The highest BCUT2D eigenvalue weighted by Crippen LogP contribution is 2.56. The summed E-state index contributed by atoms with van der Waals surface area (Å²) in [5.74, 6) is -11.5. The third-order valence-corrected chi connectivity index (χ3v) is 5.22. The van der Waals surface area contributed by atoms with Crippen LogP contribution in [0.5, 0.6) is 5.75 Å². The van der Waals surface area contributed by atoms with Crippen molar-refractivity contribution in [3.05, 3.63) is 29.8 Å². The lowest BCUT2D eigenvalue weighted by atomic mass is 9.74. The number of amides is 1. The summed E-state index contributed by atoms with van der Waals surface area (Å²) >= 11 is 0. The van der Waals surface area contributed by atoms with E-state index in [9.17, 15) is 35.5 Å². The van der Waals surface area contributed by atoms with Gasteiger partial charge in [-0.05, 0) is 30.2 Å². The van der Waals surface area contributed by atoms with E-state index in [-0.39, 0.29) is 11.7 Å². The second-order valence-corrected chi connectivity index (χ2v) is 7.94. The summed E-state index contributed by atoms with van der Waals surface area (Å²) in [6.45, 7) is 3.55. The number of nitrogens with one attached hydrogen (secondary N) is 1. The summed E-state index contributed by atoms with van der Waals surface area (Å²) in [6.07, 6.45) is -6.70. The highest BCUT2D eigenvalue weighted by Gasteiger charge is 2.71. The molecule has 0 unspecified atom stereocenters. The number of benzene rings is 1. The Balaban J connectivity index is 1.82. The molecular formula is C20H20F7N3O2. The third-order valence-electron chi connectivity index (χ3n) is 5.22. The third kappa shape index (κ3) is 4.53. The van der Waals surface area contributed by atoms with Crippen LogP contribution in [0, 0.1) is 5.92 Å². The molecule has 1 heterocycles. The van der Waals surface area contributed by atoms with Gasteiger partial charge in [-0.1, -0.05) is 13.8 Å². The molecule has 0 radical (unpaired) electrons. The maximum atomic E-state index is 13.5. The van der Waals surface area contributed by atoms with Crippen molar-refractivity contribution in [1.29, 1.82) is 0 Å². The van der Waals surface area contributed by atoms with E-state index >= 15 is 0 Å². The number of aromatic nitrogens is 2. The zero-order valence-corrected chi connectivity index (χ0v) is 17.2. The number of halogens is 7. The van der Waals surface area contributed by atoms with E-state index in [1.54, 1.807) is 13.8 Å². The molecule has 1 saturated carbocycles. The molecule has 1 aromatic carbocycles. The van der Waals surface area contributed by atoms with Crippen molar-refractivity contribution in [2.75, 3.05) is 5.32 Å². The standard InChI is InChI=1S/C20H20F7N3O2/c1-10(2)15-16(11-4-6-13(7-5-11)32-20(25,26)27)29-30(3)17(15)28-14(31)8-12-9-18(21,22)19(12,23)24/h4-7,10,12H,8-9H2,1-3H3,(H,28,31)/t12-/m1/s1. The fourth-order valence-electron chi connectivity index (χ4n) is 3.61. The van der Waals surface area contributed by atoms with Gasteiger partial charge in [0.15, 0.2) is 0 Å². The van der Waals surface area contributed by atoms with Gasteiger partial charge in [-0.15, -0.1) is 13.2 Å². The van der Waals surface area contributed by atoms with Crippen molar-refractivity contribution in [2.45, 2.75) is 50.8 Å². The first kappa shape index (κ1) is 23.9. The number of hydrogen-bond acceptors (Lipinski definition) is 3. The SMILES string of the molecule is CC(C)c1c(-c2ccc(OC(F)(F)F)cc2)nn(C)c1NC(=O)C[C@@H]1CC(F)(F)C1(F)F. The number of ether oxygens (including phenoxy) is 1. The summed E-state index contributed by atoms with van der Waals surface area (Å²) in [6, 6.07) is 4.94. The smallest absolute Gasteiger partial charge is 0.406 e. The summed E-state index contributed by atoms with van der Waals surface area (Å²) < 4.78 is 95.2. The van der Waals surface area contributed by atoms with E-state index in [0.29, 0.717) is 16.8 Å². The van der Waals surface area contributed by atoms with E-state index in [1.807, 2.05) is 0 Å². The Hall–Kier alpha value is -2.79. The molecular weight excluding hydrogens is 447 g/mol. The Bertz CT molecular complexity index is 998. The molecule has 1 N–H and O–H groups in total. The van der Waals surface area contributed by atoms with Gasteiger partial charge in [0.2, 0.25) is 5.91 Å². The molecule has 1 aliphatic rings. The molecule has 3 rings (SSSR count). The predicted octanol–water partition coefficient (Wildman–Crippen LogP) is 5.73. The van der Waals surface area contributed by atoms with Crippen molar-refractivity contribution >= 4 is 11.7 Å². The number of carbonyl (C=O) groups is 1. The summed E-state index contributed by atoms with van der Waals surface area (Å²) in [7, 11) is 1.48. The molecule has 0 saturated heterocycles. The Morgan fingerprint density at radius 1 is 1.22 bits per heavy atom. The van der Waals surface area contributed by atoms with Crippen LogP contribution >= 0.6 is 0 Å². The number of aryl methyl sites for hydroxylation is 1. The van der Waals surface area contributed by atoms with Gasteiger partial charge < -0.3 is 10.1 Å². The number of carbonyl (C=O) groups excluding carboxylic acids is 1. The monoisotopic (exact) mass is 467 g/mol. The van der Waals surface area contributed by atoms with Gasteiger partial charge in [0.05, 0.1) is 5.69 Å². The molecule has 1 atom stereocenters. The van der Waals surface area contributed by atoms with Crippen molar-refractivity contribution in [3.63, 3.8) is 0 Å². The lowest BCUT2D eigenvalue weighted by molar-refractivity contribution is -0.313. The van der Waals surface area contributed by atoms with Crippen LogP contribution in [0.15, 0.2) is 24.3 Å². The van der Waals surface area contributed by atoms with Crippen molar-refractivity contribution in [1.82, 2.24) is 9.78 Å². The highest BCUT2D eigenvalue weighted by atomic mass is 19.4.